The summed E-state index contributed by atoms with van der Waals surface area (Å²) in [6.45, 7) is 1.59. The van der Waals surface area contributed by atoms with E-state index in [1.54, 1.807) is 10.9 Å². The lowest BCUT2D eigenvalue weighted by Crippen LogP contribution is -2.32. The van der Waals surface area contributed by atoms with Gasteiger partial charge in [-0.3, -0.25) is 9.36 Å². The summed E-state index contributed by atoms with van der Waals surface area (Å²) < 4.78 is 14.7. The molecule has 1 N–H and O–H groups in total. The standard InChI is InChI=1S/C13H14FN3O/c14-9-3-4-12-11(6-9)13(18)17(8-16-12)7-10-2-1-5-15-10/h3-4,6,8,10,15H,1-2,5,7H2. The Morgan fingerprint density at radius 2 is 2.39 bits per heavy atom. The van der Waals surface area contributed by atoms with Crippen molar-refractivity contribution in [3.63, 3.8) is 0 Å². The van der Waals surface area contributed by atoms with Gasteiger partial charge in [0.15, 0.2) is 0 Å². The van der Waals surface area contributed by atoms with Gasteiger partial charge < -0.3 is 5.32 Å². The van der Waals surface area contributed by atoms with Crippen LogP contribution in [-0.4, -0.2) is 22.1 Å². The van der Waals surface area contributed by atoms with Crippen molar-refractivity contribution < 1.29 is 4.39 Å². The molecule has 4 nitrogen and oxygen atoms in total. The van der Waals surface area contributed by atoms with Crippen molar-refractivity contribution in [2.24, 2.45) is 0 Å². The molecule has 3 rings (SSSR count). The summed E-state index contributed by atoms with van der Waals surface area (Å²) in [6, 6.07) is 4.42. The zero-order chi connectivity index (χ0) is 12.5. The Kier molecular flexibility index (Phi) is 2.83. The molecule has 0 saturated carbocycles. The summed E-state index contributed by atoms with van der Waals surface area (Å²) in [6.07, 6.45) is 3.74. The van der Waals surface area contributed by atoms with Crippen LogP contribution in [-0.2, 0) is 6.54 Å². The van der Waals surface area contributed by atoms with E-state index in [4.69, 9.17) is 0 Å². The molecule has 1 fully saturated rings. The highest BCUT2D eigenvalue weighted by molar-refractivity contribution is 5.77. The van der Waals surface area contributed by atoms with Gasteiger partial charge in [0.1, 0.15) is 5.82 Å². The van der Waals surface area contributed by atoms with Crippen LogP contribution in [0.25, 0.3) is 10.9 Å². The summed E-state index contributed by atoms with van der Waals surface area (Å²) in [7, 11) is 0. The molecule has 5 heteroatoms. The SMILES string of the molecule is O=c1c2cc(F)ccc2ncn1CC1CCCN1. The van der Waals surface area contributed by atoms with E-state index in [-0.39, 0.29) is 5.56 Å². The number of aromatic nitrogens is 2. The number of hydrogen-bond acceptors (Lipinski definition) is 3. The highest BCUT2D eigenvalue weighted by atomic mass is 19.1. The molecule has 0 bridgehead atoms. The molecule has 18 heavy (non-hydrogen) atoms. The Morgan fingerprint density at radius 1 is 1.50 bits per heavy atom. The monoisotopic (exact) mass is 247 g/mol. The predicted molar refractivity (Wildman–Crippen MR) is 67.0 cm³/mol. The molecule has 0 aliphatic carbocycles. The zero-order valence-electron chi connectivity index (χ0n) is 9.90. The molecule has 1 aliphatic rings. The fraction of sp³-hybridized carbons (Fsp3) is 0.385. The van der Waals surface area contributed by atoms with Gasteiger partial charge in [0, 0.05) is 12.6 Å². The first kappa shape index (κ1) is 11.3. The molecule has 1 aliphatic heterocycles. The molecule has 0 radical (unpaired) electrons. The van der Waals surface area contributed by atoms with Crippen molar-refractivity contribution in [3.8, 4) is 0 Å². The van der Waals surface area contributed by atoms with Gasteiger partial charge in [0.25, 0.3) is 5.56 Å². The zero-order valence-corrected chi connectivity index (χ0v) is 9.90. The Balaban J connectivity index is 2.02. The van der Waals surface area contributed by atoms with Crippen molar-refractivity contribution in [1.29, 1.82) is 0 Å². The van der Waals surface area contributed by atoms with Crippen molar-refractivity contribution in [3.05, 3.63) is 40.7 Å². The lowest BCUT2D eigenvalue weighted by atomic mass is 10.2. The number of benzene rings is 1. The average molecular weight is 247 g/mol. The van der Waals surface area contributed by atoms with Crippen LogP contribution in [0.4, 0.5) is 4.39 Å². The third-order valence-corrected chi connectivity index (χ3v) is 3.37. The van der Waals surface area contributed by atoms with Gasteiger partial charge in [-0.15, -0.1) is 0 Å². The molecule has 2 aromatic rings. The molecule has 1 atom stereocenters. The maximum atomic E-state index is 13.2. The number of nitrogens with one attached hydrogen (secondary N) is 1. The largest absolute Gasteiger partial charge is 0.312 e. The average Bonchev–Trinajstić information content (AvgIpc) is 2.86. The van der Waals surface area contributed by atoms with Crippen molar-refractivity contribution in [2.45, 2.75) is 25.4 Å². The number of fused-ring (bicyclic) bond motifs is 1. The maximum absolute atomic E-state index is 13.2. The Hall–Kier alpha value is -1.75. The lowest BCUT2D eigenvalue weighted by Gasteiger charge is -2.12. The minimum atomic E-state index is -0.404. The van der Waals surface area contributed by atoms with E-state index in [9.17, 15) is 9.18 Å². The topological polar surface area (TPSA) is 46.9 Å². The number of halogens is 1. The van der Waals surface area contributed by atoms with E-state index in [2.05, 4.69) is 10.3 Å². The summed E-state index contributed by atoms with van der Waals surface area (Å²) >= 11 is 0. The van der Waals surface area contributed by atoms with Gasteiger partial charge in [-0.05, 0) is 37.6 Å². The van der Waals surface area contributed by atoms with E-state index < -0.39 is 5.82 Å². The molecule has 1 saturated heterocycles. The van der Waals surface area contributed by atoms with E-state index >= 15 is 0 Å². The van der Waals surface area contributed by atoms with Crippen LogP contribution >= 0.6 is 0 Å². The fourth-order valence-electron chi connectivity index (χ4n) is 2.41. The first-order valence-corrected chi connectivity index (χ1v) is 6.12. The van der Waals surface area contributed by atoms with E-state index in [1.165, 1.54) is 18.2 Å². The van der Waals surface area contributed by atoms with Crippen LogP contribution in [0.2, 0.25) is 0 Å². The molecular formula is C13H14FN3O. The third kappa shape index (κ3) is 2.01. The van der Waals surface area contributed by atoms with Crippen molar-refractivity contribution in [2.75, 3.05) is 6.54 Å². The quantitative estimate of drug-likeness (QED) is 0.869. The smallest absolute Gasteiger partial charge is 0.261 e. The molecule has 2 heterocycles. The van der Waals surface area contributed by atoms with Crippen LogP contribution in [0.5, 0.6) is 0 Å². The third-order valence-electron chi connectivity index (χ3n) is 3.37. The second-order valence-corrected chi connectivity index (χ2v) is 4.66. The van der Waals surface area contributed by atoms with Crippen LogP contribution in [0.1, 0.15) is 12.8 Å². The van der Waals surface area contributed by atoms with Gasteiger partial charge >= 0.3 is 0 Å². The van der Waals surface area contributed by atoms with E-state index in [1.807, 2.05) is 0 Å². The molecule has 1 unspecified atom stereocenters. The van der Waals surface area contributed by atoms with Crippen LogP contribution in [0.15, 0.2) is 29.3 Å². The van der Waals surface area contributed by atoms with Crippen LogP contribution in [0, 0.1) is 5.82 Å². The summed E-state index contributed by atoms with van der Waals surface area (Å²) in [5.74, 6) is -0.404. The Bertz CT molecular complexity index is 632. The minimum Gasteiger partial charge on any atom is -0.312 e. The second kappa shape index (κ2) is 4.49. The minimum absolute atomic E-state index is 0.173. The Morgan fingerprint density at radius 3 is 3.17 bits per heavy atom. The predicted octanol–water partition coefficient (Wildman–Crippen LogP) is 1.29. The number of hydrogen-bond donors (Lipinski definition) is 1. The first-order valence-electron chi connectivity index (χ1n) is 6.12. The normalized spacial score (nSPS) is 19.5. The van der Waals surface area contributed by atoms with Gasteiger partial charge in [-0.1, -0.05) is 0 Å². The molecule has 94 valence electrons. The highest BCUT2D eigenvalue weighted by Gasteiger charge is 2.15. The van der Waals surface area contributed by atoms with Crippen molar-refractivity contribution >= 4 is 10.9 Å². The van der Waals surface area contributed by atoms with Crippen LogP contribution in [0.3, 0.4) is 0 Å². The molecule has 1 aromatic carbocycles. The number of rotatable bonds is 2. The highest BCUT2D eigenvalue weighted by Crippen LogP contribution is 2.10. The second-order valence-electron chi connectivity index (χ2n) is 4.66. The van der Waals surface area contributed by atoms with Gasteiger partial charge in [-0.2, -0.15) is 0 Å². The van der Waals surface area contributed by atoms with Crippen LogP contribution < -0.4 is 10.9 Å². The summed E-state index contributed by atoms with van der Waals surface area (Å²) in [5.41, 5.74) is 0.366. The summed E-state index contributed by atoms with van der Waals surface area (Å²) in [5, 5.41) is 3.67. The van der Waals surface area contributed by atoms with Crippen molar-refractivity contribution in [1.82, 2.24) is 14.9 Å². The number of nitrogens with zero attached hydrogens (tertiary/aromatic N) is 2. The maximum Gasteiger partial charge on any atom is 0.261 e. The molecular weight excluding hydrogens is 233 g/mol. The van der Waals surface area contributed by atoms with Gasteiger partial charge in [-0.25, -0.2) is 9.37 Å². The first-order chi connectivity index (χ1) is 8.74. The fourth-order valence-corrected chi connectivity index (χ4v) is 2.41. The van der Waals surface area contributed by atoms with E-state index in [0.717, 1.165) is 19.4 Å². The molecule has 0 spiro atoms. The van der Waals surface area contributed by atoms with E-state index in [0.29, 0.717) is 23.5 Å². The molecule has 0 amide bonds. The Labute approximate surface area is 103 Å². The summed E-state index contributed by atoms with van der Waals surface area (Å²) in [4.78, 5) is 16.4. The lowest BCUT2D eigenvalue weighted by molar-refractivity contribution is 0.497. The molecule has 1 aromatic heterocycles. The van der Waals surface area contributed by atoms with Gasteiger partial charge in [0.05, 0.1) is 17.2 Å². The van der Waals surface area contributed by atoms with Gasteiger partial charge in [0.2, 0.25) is 0 Å².